The van der Waals surface area contributed by atoms with Gasteiger partial charge in [-0.05, 0) is 80.1 Å². The number of carbonyl (C=O) groups is 1. The Morgan fingerprint density at radius 1 is 0.526 bits per heavy atom. The van der Waals surface area contributed by atoms with Crippen LogP contribution in [-0.4, -0.2) is 31.7 Å². The van der Waals surface area contributed by atoms with Crippen LogP contribution in [0.4, 0.5) is 43.9 Å². The molecule has 2 aliphatic heterocycles. The number of nitrogens with one attached hydrogen (secondary N) is 3. The van der Waals surface area contributed by atoms with Gasteiger partial charge in [0.2, 0.25) is 11.6 Å². The number of fused-ring (bicyclic) bond motifs is 7. The number of aromatic carboxylic acids is 1. The van der Waals surface area contributed by atoms with Gasteiger partial charge in [-0.15, -0.1) is 0 Å². The molecule has 2 aliphatic rings. The molecule has 0 aliphatic carbocycles. The molecule has 6 nitrogen and oxygen atoms in total. The summed E-state index contributed by atoms with van der Waals surface area (Å²) >= 11 is 0. The Balaban J connectivity index is 1.55. The summed E-state index contributed by atoms with van der Waals surface area (Å²) in [6.45, 7) is 3.28. The molecule has 288 valence electrons. The molecular weight excluding hydrogens is 770 g/mol. The van der Waals surface area contributed by atoms with Gasteiger partial charge in [0.25, 0.3) is 0 Å². The number of H-pyrrole nitrogens is 3. The van der Waals surface area contributed by atoms with Crippen molar-refractivity contribution in [3.05, 3.63) is 192 Å². The molecule has 0 fully saturated rings. The minimum absolute atomic E-state index is 0.0259. The molecule has 0 spiro atoms. The highest BCUT2D eigenvalue weighted by Crippen LogP contribution is 2.40. The number of aromatic nitrogens is 3. The lowest BCUT2D eigenvalue weighted by atomic mass is 9.86. The van der Waals surface area contributed by atoms with Crippen LogP contribution in [0.25, 0.3) is 16.7 Å². The highest BCUT2D eigenvalue weighted by atomic mass is 19.2. The van der Waals surface area contributed by atoms with Crippen LogP contribution < -0.4 is 10.7 Å². The lowest BCUT2D eigenvalue weighted by Gasteiger charge is -2.23. The van der Waals surface area contributed by atoms with E-state index in [1.165, 1.54) is 72.8 Å². The van der Waals surface area contributed by atoms with E-state index in [4.69, 9.17) is 0 Å². The van der Waals surface area contributed by atoms with Crippen LogP contribution in [0.3, 0.4) is 0 Å². The molecule has 5 heterocycles. The van der Waals surface area contributed by atoms with Crippen molar-refractivity contribution in [2.75, 3.05) is 0 Å². The number of hydrogen-bond acceptors (Lipinski definition) is 2. The summed E-state index contributed by atoms with van der Waals surface area (Å²) in [5.41, 5.74) is -4.55. The average molecular weight is 793 g/mol. The lowest BCUT2D eigenvalue weighted by molar-refractivity contribution is 0.0697. The molecule has 4 N–H and O–H groups in total. The Morgan fingerprint density at radius 2 is 0.965 bits per heavy atom. The molecule has 8 rings (SSSR count). The first-order valence-corrected chi connectivity index (χ1v) is 16.7. The smallest absolute Gasteiger partial charge is 0.335 e. The zero-order chi connectivity index (χ0) is 40.8. The molecule has 0 atom stereocenters. The number of benzene rings is 3. The maximum absolute atomic E-state index is 15.6. The number of nitrogens with zero attached hydrogens (tertiary/aromatic N) is 1. The van der Waals surface area contributed by atoms with E-state index in [-0.39, 0.29) is 61.6 Å². The second-order valence-electron chi connectivity index (χ2n) is 13.6. The Kier molecular flexibility index (Phi) is 8.55. The standard InChI is InChI=1S/C41H22F10N4O2/c1-41(2)23-13-11-21(54-23)26(28-30(42)34(46)38(50)35(47)31(28)43)19-9-7-17(52-19)25(15-3-5-16(6-4-15)40(56)57)18-8-10-20(53-18)27(22-12-14-24(41)55-22)29-32(44)36(48)39(51)37(49)33(29)45/h3-14,52,54-55H,1-2H3,(H,56,57)/b25-17-,26-19+,27-20+. The number of rotatable bonds is 4. The predicted molar refractivity (Wildman–Crippen MR) is 186 cm³/mol. The summed E-state index contributed by atoms with van der Waals surface area (Å²) in [5.74, 6) is -23.3. The molecule has 0 saturated heterocycles. The van der Waals surface area contributed by atoms with Crippen molar-refractivity contribution in [3.8, 4) is 0 Å². The monoisotopic (exact) mass is 792 g/mol. The van der Waals surface area contributed by atoms with E-state index in [0.29, 0.717) is 0 Å². The fraction of sp³-hybridized carbons (Fsp3) is 0.0732. The number of halogens is 10. The van der Waals surface area contributed by atoms with Crippen molar-refractivity contribution in [1.82, 2.24) is 15.0 Å². The summed E-state index contributed by atoms with van der Waals surface area (Å²) in [4.78, 5) is 25.1. The van der Waals surface area contributed by atoms with Gasteiger partial charge in [-0.1, -0.05) is 12.1 Å². The summed E-state index contributed by atoms with van der Waals surface area (Å²) in [6, 6.07) is 13.4. The Morgan fingerprint density at radius 3 is 1.46 bits per heavy atom. The minimum atomic E-state index is -2.38. The van der Waals surface area contributed by atoms with Crippen LogP contribution in [0.15, 0.2) is 83.5 Å². The van der Waals surface area contributed by atoms with E-state index in [2.05, 4.69) is 19.9 Å². The van der Waals surface area contributed by atoms with Crippen LogP contribution in [-0.2, 0) is 5.41 Å². The molecule has 3 aromatic heterocycles. The maximum Gasteiger partial charge on any atom is 0.335 e. The number of carboxylic acids is 1. The molecule has 3 aromatic carbocycles. The fourth-order valence-electron chi connectivity index (χ4n) is 6.97. The fourth-order valence-corrected chi connectivity index (χ4v) is 6.97. The van der Waals surface area contributed by atoms with Crippen molar-refractivity contribution in [2.45, 2.75) is 19.3 Å². The number of allylic oxidation sites excluding steroid dienone is 2. The van der Waals surface area contributed by atoms with Crippen molar-refractivity contribution < 1.29 is 53.8 Å². The van der Waals surface area contributed by atoms with Gasteiger partial charge in [-0.25, -0.2) is 53.7 Å². The quantitative estimate of drug-likeness (QED) is 0.0822. The molecular formula is C41H22F10N4O2. The number of aromatic amines is 3. The third kappa shape index (κ3) is 5.65. The highest BCUT2D eigenvalue weighted by molar-refractivity contribution is 6.30. The zero-order valence-electron chi connectivity index (χ0n) is 29.0. The normalized spacial score (nSPS) is 18.0. The first-order chi connectivity index (χ1) is 27.0. The third-order valence-corrected chi connectivity index (χ3v) is 9.97. The van der Waals surface area contributed by atoms with Crippen LogP contribution in [0.1, 0.15) is 63.7 Å². The Bertz CT molecular complexity index is 2910. The molecule has 16 heteroatoms. The van der Waals surface area contributed by atoms with Crippen LogP contribution in [0.2, 0.25) is 0 Å². The summed E-state index contributed by atoms with van der Waals surface area (Å²) < 4.78 is 150. The molecule has 0 unspecified atom stereocenters. The van der Waals surface area contributed by atoms with Gasteiger partial charge in [0.05, 0.1) is 28.1 Å². The van der Waals surface area contributed by atoms with Crippen LogP contribution in [0, 0.1) is 58.2 Å². The maximum atomic E-state index is 15.6. The molecule has 6 aromatic rings. The molecule has 0 radical (unpaired) electrons. The van der Waals surface area contributed by atoms with Gasteiger partial charge < -0.3 is 20.1 Å². The number of carboxylic acid groups (broad SMARTS) is 1. The molecule has 8 bridgehead atoms. The summed E-state index contributed by atoms with van der Waals surface area (Å²) in [6.07, 6.45) is 2.57. The van der Waals surface area contributed by atoms with Gasteiger partial charge in [0.15, 0.2) is 46.5 Å². The molecule has 0 amide bonds. The largest absolute Gasteiger partial charge is 0.478 e. The number of aliphatic imine (C=N–C) groups is 1. The van der Waals surface area contributed by atoms with Gasteiger partial charge >= 0.3 is 5.97 Å². The van der Waals surface area contributed by atoms with E-state index in [0.717, 1.165) is 0 Å². The second kappa shape index (κ2) is 13.1. The van der Waals surface area contributed by atoms with E-state index >= 15 is 17.6 Å². The Hall–Kier alpha value is -6.84. The third-order valence-electron chi connectivity index (χ3n) is 9.97. The first kappa shape index (κ1) is 37.1. The molecule has 57 heavy (non-hydrogen) atoms. The Labute approximate surface area is 313 Å². The summed E-state index contributed by atoms with van der Waals surface area (Å²) in [5, 5.41) is 9.41. The van der Waals surface area contributed by atoms with Crippen LogP contribution in [0.5, 0.6) is 0 Å². The zero-order valence-corrected chi connectivity index (χ0v) is 29.0. The van der Waals surface area contributed by atoms with Gasteiger partial charge in [-0.2, -0.15) is 0 Å². The van der Waals surface area contributed by atoms with Crippen molar-refractivity contribution in [3.63, 3.8) is 0 Å². The van der Waals surface area contributed by atoms with Crippen molar-refractivity contribution in [1.29, 1.82) is 0 Å². The SMILES string of the molecule is CC1(C)c2ccc([nH]2)/C(c2c(F)c(F)c(F)c(F)c2F)=C2/C=CC(=N2)/C(c2ccc(C(=O)O)cc2)=c2/cc/c([nH]2)=C(\c2c(F)c(F)c(F)c(F)c2F)c2ccc1[nH]2. The lowest BCUT2D eigenvalue weighted by Crippen LogP contribution is -2.22. The van der Waals surface area contributed by atoms with E-state index in [9.17, 15) is 36.2 Å². The van der Waals surface area contributed by atoms with Crippen molar-refractivity contribution >= 4 is 28.4 Å². The molecule has 0 saturated carbocycles. The second-order valence-corrected chi connectivity index (χ2v) is 13.6. The summed E-state index contributed by atoms with van der Waals surface area (Å²) in [7, 11) is 0. The van der Waals surface area contributed by atoms with E-state index < -0.39 is 91.8 Å². The van der Waals surface area contributed by atoms with E-state index in [1.807, 2.05) is 0 Å². The van der Waals surface area contributed by atoms with Crippen LogP contribution >= 0.6 is 0 Å². The first-order valence-electron chi connectivity index (χ1n) is 16.7. The van der Waals surface area contributed by atoms with Gasteiger partial charge in [0, 0.05) is 55.6 Å². The van der Waals surface area contributed by atoms with Gasteiger partial charge in [0.1, 0.15) is 0 Å². The van der Waals surface area contributed by atoms with Crippen molar-refractivity contribution in [2.24, 2.45) is 4.99 Å². The predicted octanol–water partition coefficient (Wildman–Crippen LogP) is 8.32. The topological polar surface area (TPSA) is 97.0 Å². The van der Waals surface area contributed by atoms with E-state index in [1.54, 1.807) is 13.8 Å². The van der Waals surface area contributed by atoms with Gasteiger partial charge in [-0.3, -0.25) is 0 Å². The average Bonchev–Trinajstić information content (AvgIpc) is 4.04. The minimum Gasteiger partial charge on any atom is -0.478 e. The number of hydrogen-bond donors (Lipinski definition) is 4. The highest BCUT2D eigenvalue weighted by Gasteiger charge is 2.35.